The van der Waals surface area contributed by atoms with Crippen molar-refractivity contribution >= 4 is 111 Å². The van der Waals surface area contributed by atoms with Gasteiger partial charge in [-0.3, -0.25) is 0 Å². The topological polar surface area (TPSA) is 0 Å². The standard InChI is InChI=1S/C44H44S6/c1-27(2)9-5-7-11-31-19-23-39(45-31)47-33-17-13-29-15-21-35-41(37(29)25-33)49-44-36-22-16-30-14-18-34(26-38(30)42(36)50-43(35)44)48-40-24-20-32(46-40)12-8-6-10-28(3)4/h9-10,13-15,17-22,24-26,30,39H,5-8,11-12,16,23H2,1-4H3/t30-,39?/m0/s1. The highest BCUT2D eigenvalue weighted by atomic mass is 32.2. The van der Waals surface area contributed by atoms with E-state index in [-0.39, 0.29) is 0 Å². The number of allylic oxidation sites excluding steroid dienone is 9. The third kappa shape index (κ3) is 7.63. The van der Waals surface area contributed by atoms with E-state index in [0.29, 0.717) is 10.5 Å². The van der Waals surface area contributed by atoms with Gasteiger partial charge in [-0.25, -0.2) is 0 Å². The zero-order valence-corrected chi connectivity index (χ0v) is 34.2. The van der Waals surface area contributed by atoms with Gasteiger partial charge in [0.1, 0.15) is 0 Å². The molecule has 0 spiro atoms. The van der Waals surface area contributed by atoms with E-state index in [2.05, 4.69) is 136 Å². The van der Waals surface area contributed by atoms with Gasteiger partial charge in [0.2, 0.25) is 0 Å². The lowest BCUT2D eigenvalue weighted by Gasteiger charge is -2.20. The van der Waals surface area contributed by atoms with Gasteiger partial charge in [0.15, 0.2) is 0 Å². The molecule has 0 fully saturated rings. The van der Waals surface area contributed by atoms with Crippen LogP contribution >= 0.6 is 69.3 Å². The number of aryl methyl sites for hydroxylation is 1. The van der Waals surface area contributed by atoms with Gasteiger partial charge >= 0.3 is 0 Å². The van der Waals surface area contributed by atoms with E-state index >= 15 is 0 Å². The predicted octanol–water partition coefficient (Wildman–Crippen LogP) is 14.4. The van der Waals surface area contributed by atoms with Crippen LogP contribution in [0.2, 0.25) is 0 Å². The molecular weight excluding hydrogens is 721 g/mol. The maximum atomic E-state index is 2.53. The minimum Gasteiger partial charge on any atom is -0.134 e. The van der Waals surface area contributed by atoms with Gasteiger partial charge in [0, 0.05) is 45.8 Å². The summed E-state index contributed by atoms with van der Waals surface area (Å²) in [4.78, 5) is 5.86. The zero-order valence-electron chi connectivity index (χ0n) is 29.3. The molecule has 2 aliphatic carbocycles. The molecule has 8 rings (SSSR count). The second kappa shape index (κ2) is 15.4. The first-order valence-corrected chi connectivity index (χ1v) is 23.0. The second-order valence-electron chi connectivity index (χ2n) is 14.1. The first-order chi connectivity index (χ1) is 24.4. The van der Waals surface area contributed by atoms with E-state index in [1.165, 1.54) is 121 Å². The molecule has 6 heteroatoms. The maximum Gasteiger partial charge on any atom is 0.0649 e. The van der Waals surface area contributed by atoms with Crippen molar-refractivity contribution in [3.05, 3.63) is 115 Å². The predicted molar refractivity (Wildman–Crippen MR) is 233 cm³/mol. The summed E-state index contributed by atoms with van der Waals surface area (Å²) in [6.07, 6.45) is 26.6. The average molecular weight is 765 g/mol. The van der Waals surface area contributed by atoms with Crippen molar-refractivity contribution in [3.63, 3.8) is 0 Å². The van der Waals surface area contributed by atoms with Gasteiger partial charge in [-0.05, 0) is 125 Å². The number of benzene rings is 2. The normalized spacial score (nSPS) is 18.3. The fourth-order valence-electron chi connectivity index (χ4n) is 7.09. The zero-order chi connectivity index (χ0) is 34.2. The van der Waals surface area contributed by atoms with Crippen LogP contribution in [0.5, 0.6) is 0 Å². The van der Waals surface area contributed by atoms with Gasteiger partial charge < -0.3 is 0 Å². The summed E-state index contributed by atoms with van der Waals surface area (Å²) in [7, 11) is 0. The Hall–Kier alpha value is -2.19. The summed E-state index contributed by atoms with van der Waals surface area (Å²) in [5.41, 5.74) is 4.37. The van der Waals surface area contributed by atoms with Crippen LogP contribution in [-0.2, 0) is 6.42 Å². The molecule has 1 aliphatic heterocycles. The van der Waals surface area contributed by atoms with Crippen LogP contribution in [0.15, 0.2) is 109 Å². The highest BCUT2D eigenvalue weighted by Crippen LogP contribution is 2.46. The smallest absolute Gasteiger partial charge is 0.0649 e. The van der Waals surface area contributed by atoms with Crippen LogP contribution in [0.25, 0.3) is 41.9 Å². The van der Waals surface area contributed by atoms with Gasteiger partial charge in [-0.15, -0.1) is 57.5 Å². The van der Waals surface area contributed by atoms with Crippen molar-refractivity contribution in [3.8, 4) is 0 Å². The third-order valence-corrected chi connectivity index (χ3v) is 17.3. The van der Waals surface area contributed by atoms with Crippen LogP contribution in [0.1, 0.15) is 77.5 Å². The molecule has 3 aromatic heterocycles. The molecule has 50 heavy (non-hydrogen) atoms. The minimum atomic E-state index is 0.487. The van der Waals surface area contributed by atoms with Gasteiger partial charge in [-0.2, -0.15) is 0 Å². The molecule has 1 unspecified atom stereocenters. The fourth-order valence-corrected chi connectivity index (χ4v) is 15.0. The number of fused-ring (bicyclic) bond motifs is 8. The van der Waals surface area contributed by atoms with E-state index in [0.717, 1.165) is 6.42 Å². The number of thioether (sulfide) groups is 3. The number of unbranched alkanes of at least 4 members (excludes halogenated alkanes) is 2. The van der Waals surface area contributed by atoms with E-state index in [1.807, 2.05) is 45.8 Å². The highest BCUT2D eigenvalue weighted by Gasteiger charge is 2.23. The molecule has 0 nitrogen and oxygen atoms in total. The van der Waals surface area contributed by atoms with E-state index in [1.54, 1.807) is 4.91 Å². The van der Waals surface area contributed by atoms with Crippen LogP contribution in [0.4, 0.5) is 0 Å². The molecule has 0 bridgehead atoms. The first-order valence-electron chi connectivity index (χ1n) is 18.0. The Labute approximate surface area is 321 Å². The molecule has 0 saturated heterocycles. The second-order valence-corrected chi connectivity index (χ2v) is 21.6. The van der Waals surface area contributed by atoms with Crippen molar-refractivity contribution in [1.29, 1.82) is 0 Å². The Balaban J connectivity index is 1.03. The molecular formula is C44H44S6. The SMILES string of the molecule is CC(C)=CCCCC1=CCC(Sc2ccc3ccc4c5sc6c(c5sc4c3c2)=CC[C@@H]2C=CC(Sc3ccc(CCCC=C(C)C)s3)=CC=62)S1. The Morgan fingerprint density at radius 3 is 2.46 bits per heavy atom. The molecule has 2 aromatic carbocycles. The molecule has 2 atom stereocenters. The Bertz CT molecular complexity index is 2360. The van der Waals surface area contributed by atoms with E-state index < -0.39 is 0 Å². The van der Waals surface area contributed by atoms with Gasteiger partial charge in [0.25, 0.3) is 0 Å². The molecule has 0 amide bonds. The summed E-state index contributed by atoms with van der Waals surface area (Å²) < 4.78 is 7.89. The van der Waals surface area contributed by atoms with Crippen molar-refractivity contribution in [1.82, 2.24) is 0 Å². The minimum absolute atomic E-state index is 0.487. The largest absolute Gasteiger partial charge is 0.134 e. The van der Waals surface area contributed by atoms with Gasteiger partial charge in [0.05, 0.1) is 18.2 Å². The van der Waals surface area contributed by atoms with Crippen molar-refractivity contribution in [2.45, 2.75) is 92.7 Å². The quantitative estimate of drug-likeness (QED) is 0.0917. The van der Waals surface area contributed by atoms with Crippen molar-refractivity contribution in [2.75, 3.05) is 0 Å². The summed E-state index contributed by atoms with van der Waals surface area (Å²) in [5.74, 6) is 0.487. The molecule has 0 N–H and O–H groups in total. The molecule has 3 aliphatic rings. The van der Waals surface area contributed by atoms with Crippen LogP contribution in [0.3, 0.4) is 0 Å². The summed E-state index contributed by atoms with van der Waals surface area (Å²) in [6.45, 7) is 8.78. The lowest BCUT2D eigenvalue weighted by Crippen LogP contribution is -2.28. The number of thiophene rings is 3. The molecule has 4 heterocycles. The summed E-state index contributed by atoms with van der Waals surface area (Å²) >= 11 is 12.1. The Kier molecular flexibility index (Phi) is 10.8. The molecule has 5 aromatic rings. The van der Waals surface area contributed by atoms with E-state index in [9.17, 15) is 0 Å². The number of rotatable bonds is 12. The lowest BCUT2D eigenvalue weighted by molar-refractivity contribution is 0.849. The number of hydrogen-bond acceptors (Lipinski definition) is 6. The van der Waals surface area contributed by atoms with E-state index in [4.69, 9.17) is 0 Å². The van der Waals surface area contributed by atoms with Gasteiger partial charge in [-0.1, -0.05) is 77.6 Å². The first kappa shape index (κ1) is 34.9. The summed E-state index contributed by atoms with van der Waals surface area (Å²) in [5, 5.41) is 5.68. The third-order valence-electron chi connectivity index (χ3n) is 9.62. The maximum absolute atomic E-state index is 2.53. The summed E-state index contributed by atoms with van der Waals surface area (Å²) in [6, 6.07) is 16.6. The van der Waals surface area contributed by atoms with Crippen molar-refractivity contribution in [2.24, 2.45) is 5.92 Å². The lowest BCUT2D eigenvalue weighted by atomic mass is 9.88. The Morgan fingerprint density at radius 2 is 1.62 bits per heavy atom. The number of hydrogen-bond donors (Lipinski definition) is 0. The highest BCUT2D eigenvalue weighted by molar-refractivity contribution is 8.19. The van der Waals surface area contributed by atoms with Crippen LogP contribution in [-0.4, -0.2) is 4.58 Å². The molecule has 256 valence electrons. The van der Waals surface area contributed by atoms with Crippen molar-refractivity contribution < 1.29 is 0 Å². The average Bonchev–Trinajstić information content (AvgIpc) is 3.90. The molecule has 0 saturated carbocycles. The van der Waals surface area contributed by atoms with Crippen LogP contribution < -0.4 is 9.75 Å². The fraction of sp³-hybridized carbons (Fsp3) is 0.318. The Morgan fingerprint density at radius 1 is 0.800 bits per heavy atom. The van der Waals surface area contributed by atoms with Crippen LogP contribution in [0, 0.1) is 5.92 Å². The monoisotopic (exact) mass is 764 g/mol. The molecule has 0 radical (unpaired) electrons.